The molecule has 160 valence electrons. The number of rotatable bonds is 13. The van der Waals surface area contributed by atoms with Crippen molar-refractivity contribution in [2.24, 2.45) is 0 Å². The summed E-state index contributed by atoms with van der Waals surface area (Å²) in [5.41, 5.74) is 0.794. The Bertz CT molecular complexity index is 850. The first-order valence-electron chi connectivity index (χ1n) is 10.5. The predicted molar refractivity (Wildman–Crippen MR) is 113 cm³/mol. The van der Waals surface area contributed by atoms with Crippen molar-refractivity contribution in [3.05, 3.63) is 48.0 Å². The van der Waals surface area contributed by atoms with Crippen LogP contribution in [0, 0.1) is 0 Å². The molecule has 0 radical (unpaired) electrons. The van der Waals surface area contributed by atoms with Gasteiger partial charge < -0.3 is 9.84 Å². The van der Waals surface area contributed by atoms with E-state index >= 15 is 0 Å². The summed E-state index contributed by atoms with van der Waals surface area (Å²) in [5, 5.41) is 12.3. The third-order valence-corrected chi connectivity index (χ3v) is 5.81. The van der Waals surface area contributed by atoms with Gasteiger partial charge >= 0.3 is 29.6 Å². The molecule has 2 rings (SSSR count). The normalized spacial score (nSPS) is 11.1. The van der Waals surface area contributed by atoms with Crippen molar-refractivity contribution < 1.29 is 52.4 Å². The van der Waals surface area contributed by atoms with Gasteiger partial charge in [-0.25, -0.2) is 0 Å². The Morgan fingerprint density at radius 2 is 1.37 bits per heavy atom. The van der Waals surface area contributed by atoms with Crippen molar-refractivity contribution in [2.75, 3.05) is 0 Å². The number of unbranched alkanes of at least 4 members (excludes halogenated alkanes) is 8. The molecular weight excluding hydrogens is 411 g/mol. The molecule has 0 atom stereocenters. The summed E-state index contributed by atoms with van der Waals surface area (Å²) in [6.45, 7) is 2.23. The second-order valence-electron chi connectivity index (χ2n) is 7.40. The third kappa shape index (κ3) is 9.84. The Morgan fingerprint density at radius 3 is 1.90 bits per heavy atom. The van der Waals surface area contributed by atoms with Crippen molar-refractivity contribution in [1.82, 2.24) is 0 Å². The minimum atomic E-state index is -4.23. The van der Waals surface area contributed by atoms with Crippen LogP contribution in [0.4, 0.5) is 0 Å². The van der Waals surface area contributed by atoms with E-state index in [1.165, 1.54) is 75.3 Å². The Balaban J connectivity index is 0.00000450. The first-order chi connectivity index (χ1) is 13.9. The summed E-state index contributed by atoms with van der Waals surface area (Å²) in [4.78, 5) is -0.203. The van der Waals surface area contributed by atoms with E-state index in [0.717, 1.165) is 24.8 Å². The van der Waals surface area contributed by atoms with Gasteiger partial charge in [-0.2, -0.15) is 8.42 Å². The van der Waals surface area contributed by atoms with Crippen molar-refractivity contribution in [3.8, 4) is 17.2 Å². The zero-order chi connectivity index (χ0) is 21.1. The molecule has 0 amide bonds. The SMILES string of the molecule is CCCCCCCCCCCc1ccc(Oc2ccc(S(=O)(=O)O)cc2)cc1[O-].[Na+]. The van der Waals surface area contributed by atoms with Gasteiger partial charge in [0, 0.05) is 0 Å². The van der Waals surface area contributed by atoms with Crippen molar-refractivity contribution in [3.63, 3.8) is 0 Å². The van der Waals surface area contributed by atoms with Crippen LogP contribution < -0.4 is 39.4 Å². The largest absolute Gasteiger partial charge is 1.00 e. The fourth-order valence-electron chi connectivity index (χ4n) is 3.25. The zero-order valence-corrected chi connectivity index (χ0v) is 20.9. The zero-order valence-electron chi connectivity index (χ0n) is 18.1. The first-order valence-corrected chi connectivity index (χ1v) is 11.9. The standard InChI is InChI=1S/C23H32O5S.Na/c1-2-3-4-5-6-7-8-9-10-11-19-12-13-21(18-23(19)24)28-20-14-16-22(17-15-20)29(25,26)27;/h12-18,24H,2-11H2,1H3,(H,25,26,27);/q;+1/p-1. The van der Waals surface area contributed by atoms with E-state index < -0.39 is 10.1 Å². The number of hydrogen-bond acceptors (Lipinski definition) is 4. The molecule has 0 saturated heterocycles. The van der Waals surface area contributed by atoms with Gasteiger partial charge in [-0.3, -0.25) is 4.55 Å². The molecule has 5 nitrogen and oxygen atoms in total. The molecule has 2 aromatic carbocycles. The van der Waals surface area contributed by atoms with Crippen LogP contribution in [0.3, 0.4) is 0 Å². The van der Waals surface area contributed by atoms with Crippen LogP contribution in [-0.4, -0.2) is 13.0 Å². The summed E-state index contributed by atoms with van der Waals surface area (Å²) in [5.74, 6) is 0.755. The molecule has 0 fully saturated rings. The molecule has 0 heterocycles. The second-order valence-corrected chi connectivity index (χ2v) is 8.82. The molecule has 1 N–H and O–H groups in total. The number of ether oxygens (including phenoxy) is 1. The van der Waals surface area contributed by atoms with Crippen LogP contribution >= 0.6 is 0 Å². The van der Waals surface area contributed by atoms with Crippen LogP contribution in [0.1, 0.15) is 70.3 Å². The monoisotopic (exact) mass is 442 g/mol. The molecule has 0 unspecified atom stereocenters. The molecule has 0 saturated carbocycles. The molecule has 30 heavy (non-hydrogen) atoms. The van der Waals surface area contributed by atoms with E-state index in [0.29, 0.717) is 11.5 Å². The molecule has 0 bridgehead atoms. The van der Waals surface area contributed by atoms with E-state index in [-0.39, 0.29) is 40.2 Å². The average Bonchev–Trinajstić information content (AvgIpc) is 2.68. The number of benzene rings is 2. The molecule has 7 heteroatoms. The van der Waals surface area contributed by atoms with Crippen molar-refractivity contribution in [2.45, 2.75) is 76.0 Å². The van der Waals surface area contributed by atoms with Gasteiger partial charge in [0.05, 0.1) is 4.90 Å². The topological polar surface area (TPSA) is 86.7 Å². The van der Waals surface area contributed by atoms with Gasteiger partial charge in [-0.1, -0.05) is 69.9 Å². The molecular formula is C23H31NaO5S. The molecule has 0 aliphatic rings. The Hall–Kier alpha value is -1.05. The smallest absolute Gasteiger partial charge is 0.872 e. The molecule has 0 aliphatic carbocycles. The second kappa shape index (κ2) is 14.1. The van der Waals surface area contributed by atoms with Gasteiger partial charge in [0.15, 0.2) is 0 Å². The Morgan fingerprint density at radius 1 is 0.833 bits per heavy atom. The Labute approximate surface area is 202 Å². The maximum atomic E-state index is 12.3. The van der Waals surface area contributed by atoms with Gasteiger partial charge in [0.25, 0.3) is 10.1 Å². The van der Waals surface area contributed by atoms with Crippen LogP contribution in [0.15, 0.2) is 47.4 Å². The fraction of sp³-hybridized carbons (Fsp3) is 0.478. The van der Waals surface area contributed by atoms with E-state index in [1.807, 2.05) is 0 Å². The third-order valence-electron chi connectivity index (χ3n) is 4.95. The van der Waals surface area contributed by atoms with Gasteiger partial charge in [0.2, 0.25) is 0 Å². The van der Waals surface area contributed by atoms with E-state index in [9.17, 15) is 13.5 Å². The minimum absolute atomic E-state index is 0. The van der Waals surface area contributed by atoms with Gasteiger partial charge in [-0.15, -0.1) is 5.75 Å². The summed E-state index contributed by atoms with van der Waals surface area (Å²) < 4.78 is 36.7. The first kappa shape index (κ1) is 27.0. The minimum Gasteiger partial charge on any atom is -0.872 e. The van der Waals surface area contributed by atoms with Crippen LogP contribution in [0.25, 0.3) is 0 Å². The van der Waals surface area contributed by atoms with Crippen LogP contribution in [-0.2, 0) is 16.5 Å². The maximum absolute atomic E-state index is 12.3. The number of aryl methyl sites for hydroxylation is 1. The van der Waals surface area contributed by atoms with E-state index in [1.54, 1.807) is 12.1 Å². The van der Waals surface area contributed by atoms with Gasteiger partial charge in [-0.05, 0) is 49.2 Å². The van der Waals surface area contributed by atoms with Crippen molar-refractivity contribution in [1.29, 1.82) is 0 Å². The van der Waals surface area contributed by atoms with Crippen LogP contribution in [0.5, 0.6) is 17.2 Å². The predicted octanol–water partition coefficient (Wildman–Crippen LogP) is 2.88. The quantitative estimate of drug-likeness (QED) is 0.293. The molecule has 2 aromatic rings. The summed E-state index contributed by atoms with van der Waals surface area (Å²) in [6.07, 6.45) is 12.0. The summed E-state index contributed by atoms with van der Waals surface area (Å²) in [7, 11) is -4.23. The maximum Gasteiger partial charge on any atom is 1.00 e. The van der Waals surface area contributed by atoms with Gasteiger partial charge in [0.1, 0.15) is 11.5 Å². The van der Waals surface area contributed by atoms with Crippen LogP contribution in [0.2, 0.25) is 0 Å². The molecule has 0 spiro atoms. The van der Waals surface area contributed by atoms with Crippen molar-refractivity contribution >= 4 is 10.1 Å². The van der Waals surface area contributed by atoms with E-state index in [2.05, 4.69) is 6.92 Å². The average molecular weight is 443 g/mol. The Kier molecular flexibility index (Phi) is 12.7. The summed E-state index contributed by atoms with van der Waals surface area (Å²) >= 11 is 0. The van der Waals surface area contributed by atoms with E-state index in [4.69, 9.17) is 9.29 Å². The fourth-order valence-corrected chi connectivity index (χ4v) is 3.73. The summed E-state index contributed by atoms with van der Waals surface area (Å²) in [6, 6.07) is 10.4. The number of hydrogen-bond donors (Lipinski definition) is 1. The molecule has 0 aromatic heterocycles. The molecule has 0 aliphatic heterocycles.